The van der Waals surface area contributed by atoms with E-state index in [1.54, 1.807) is 12.5 Å². The third-order valence-corrected chi connectivity index (χ3v) is 2.54. The monoisotopic (exact) mass is 233 g/mol. The lowest BCUT2D eigenvalue weighted by Gasteiger charge is -2.14. The van der Waals surface area contributed by atoms with Crippen LogP contribution in [0.25, 0.3) is 0 Å². The van der Waals surface area contributed by atoms with Crippen LogP contribution in [0.3, 0.4) is 0 Å². The van der Waals surface area contributed by atoms with Gasteiger partial charge in [-0.3, -0.25) is 0 Å². The van der Waals surface area contributed by atoms with E-state index in [9.17, 15) is 5.11 Å². The van der Waals surface area contributed by atoms with E-state index < -0.39 is 6.10 Å². The third kappa shape index (κ3) is 2.85. The number of benzene rings is 1. The van der Waals surface area contributed by atoms with Crippen LogP contribution in [0.2, 0.25) is 0 Å². The Bertz CT molecular complexity index is 453. The maximum absolute atomic E-state index is 9.86. The zero-order valence-corrected chi connectivity index (χ0v) is 9.67. The second-order valence-corrected chi connectivity index (χ2v) is 3.78. The van der Waals surface area contributed by atoms with Crippen molar-refractivity contribution in [3.05, 3.63) is 47.9 Å². The lowest BCUT2D eigenvalue weighted by Crippen LogP contribution is -2.01. The molecule has 4 nitrogen and oxygen atoms in total. The van der Waals surface area contributed by atoms with Gasteiger partial charge >= 0.3 is 0 Å². The maximum Gasteiger partial charge on any atom is 0.130 e. The molecule has 1 unspecified atom stereocenters. The summed E-state index contributed by atoms with van der Waals surface area (Å²) in [4.78, 5) is 0. The molecule has 0 radical (unpaired) electrons. The van der Waals surface area contributed by atoms with Crippen LogP contribution in [0.15, 0.2) is 41.2 Å². The number of aliphatic hydroxyl groups is 1. The van der Waals surface area contributed by atoms with Crippen LogP contribution in [0.4, 0.5) is 0 Å². The molecule has 0 aliphatic carbocycles. The molecule has 1 aromatic heterocycles. The highest BCUT2D eigenvalue weighted by Crippen LogP contribution is 2.27. The normalized spacial score (nSPS) is 12.4. The first kappa shape index (κ1) is 11.7. The van der Waals surface area contributed by atoms with Crippen molar-refractivity contribution < 1.29 is 14.4 Å². The van der Waals surface area contributed by atoms with E-state index in [0.717, 1.165) is 11.1 Å². The highest BCUT2D eigenvalue weighted by atomic mass is 16.5. The average molecular weight is 233 g/mol. The number of para-hydroxylation sites is 1. The van der Waals surface area contributed by atoms with Gasteiger partial charge in [-0.25, -0.2) is 0 Å². The minimum atomic E-state index is -0.492. The van der Waals surface area contributed by atoms with Gasteiger partial charge in [0.05, 0.1) is 12.3 Å². The summed E-state index contributed by atoms with van der Waals surface area (Å²) in [6.45, 7) is 2.32. The van der Waals surface area contributed by atoms with Crippen molar-refractivity contribution in [3.63, 3.8) is 0 Å². The van der Waals surface area contributed by atoms with Crippen LogP contribution in [0.1, 0.15) is 30.6 Å². The SMILES string of the molecule is CCC(O)c1ccccc1OCc1cnoc1. The molecule has 90 valence electrons. The van der Waals surface area contributed by atoms with Crippen molar-refractivity contribution in [2.75, 3.05) is 0 Å². The van der Waals surface area contributed by atoms with Gasteiger partial charge in [-0.15, -0.1) is 0 Å². The molecule has 0 fully saturated rings. The quantitative estimate of drug-likeness (QED) is 0.862. The molecule has 17 heavy (non-hydrogen) atoms. The summed E-state index contributed by atoms with van der Waals surface area (Å²) in [6.07, 6.45) is 3.32. The molecule has 0 saturated carbocycles. The molecular weight excluding hydrogens is 218 g/mol. The van der Waals surface area contributed by atoms with Crippen LogP contribution in [-0.2, 0) is 6.61 Å². The summed E-state index contributed by atoms with van der Waals surface area (Å²) in [5, 5.41) is 13.5. The number of hydrogen-bond acceptors (Lipinski definition) is 4. The summed E-state index contributed by atoms with van der Waals surface area (Å²) in [6, 6.07) is 7.49. The Balaban J connectivity index is 2.09. The van der Waals surface area contributed by atoms with Crippen LogP contribution in [0.5, 0.6) is 5.75 Å². The number of aromatic nitrogens is 1. The first-order valence-corrected chi connectivity index (χ1v) is 5.59. The molecule has 0 saturated heterocycles. The molecule has 1 heterocycles. The zero-order chi connectivity index (χ0) is 12.1. The fourth-order valence-electron chi connectivity index (χ4n) is 1.57. The van der Waals surface area contributed by atoms with Crippen molar-refractivity contribution >= 4 is 0 Å². The molecule has 0 bridgehead atoms. The minimum absolute atomic E-state index is 0.386. The largest absolute Gasteiger partial charge is 0.488 e. The first-order valence-electron chi connectivity index (χ1n) is 5.59. The number of ether oxygens (including phenoxy) is 1. The molecule has 0 amide bonds. The molecular formula is C13H15NO3. The van der Waals surface area contributed by atoms with Crippen LogP contribution >= 0.6 is 0 Å². The number of nitrogens with zero attached hydrogens (tertiary/aromatic N) is 1. The summed E-state index contributed by atoms with van der Waals surface area (Å²) in [5.74, 6) is 0.697. The molecule has 1 N–H and O–H groups in total. The molecule has 1 aromatic carbocycles. The predicted octanol–water partition coefficient (Wildman–Crippen LogP) is 2.70. The molecule has 2 aromatic rings. The van der Waals surface area contributed by atoms with Crippen LogP contribution in [0, 0.1) is 0 Å². The predicted molar refractivity (Wildman–Crippen MR) is 62.5 cm³/mol. The summed E-state index contributed by atoms with van der Waals surface area (Å²) < 4.78 is 10.4. The van der Waals surface area contributed by atoms with Gasteiger partial charge in [-0.05, 0) is 12.5 Å². The highest BCUT2D eigenvalue weighted by molar-refractivity contribution is 5.35. The van der Waals surface area contributed by atoms with Gasteiger partial charge in [-0.2, -0.15) is 0 Å². The Morgan fingerprint density at radius 2 is 2.24 bits per heavy atom. The Morgan fingerprint density at radius 1 is 1.41 bits per heavy atom. The van der Waals surface area contributed by atoms with Gasteiger partial charge in [0.15, 0.2) is 0 Å². The first-order chi connectivity index (χ1) is 8.31. The van der Waals surface area contributed by atoms with Gasteiger partial charge < -0.3 is 14.4 Å². The maximum atomic E-state index is 9.86. The van der Waals surface area contributed by atoms with Gasteiger partial charge in [0.1, 0.15) is 18.6 Å². The summed E-state index contributed by atoms with van der Waals surface area (Å²) in [5.41, 5.74) is 1.68. The minimum Gasteiger partial charge on any atom is -0.488 e. The fraction of sp³-hybridized carbons (Fsp3) is 0.308. The van der Waals surface area contributed by atoms with E-state index in [1.807, 2.05) is 31.2 Å². The number of hydrogen-bond donors (Lipinski definition) is 1. The van der Waals surface area contributed by atoms with Gasteiger partial charge in [-0.1, -0.05) is 30.3 Å². The van der Waals surface area contributed by atoms with E-state index in [2.05, 4.69) is 5.16 Å². The van der Waals surface area contributed by atoms with E-state index in [1.165, 1.54) is 0 Å². The smallest absolute Gasteiger partial charge is 0.130 e. The third-order valence-electron chi connectivity index (χ3n) is 2.54. The standard InChI is InChI=1S/C13H15NO3/c1-2-12(15)11-5-3-4-6-13(11)16-8-10-7-14-17-9-10/h3-7,9,12,15H,2,8H2,1H3. The number of aliphatic hydroxyl groups excluding tert-OH is 1. The highest BCUT2D eigenvalue weighted by Gasteiger charge is 2.11. The van der Waals surface area contributed by atoms with Gasteiger partial charge in [0.2, 0.25) is 0 Å². The zero-order valence-electron chi connectivity index (χ0n) is 9.67. The Hall–Kier alpha value is -1.81. The van der Waals surface area contributed by atoms with Crippen LogP contribution in [-0.4, -0.2) is 10.3 Å². The number of rotatable bonds is 5. The van der Waals surface area contributed by atoms with Gasteiger partial charge in [0, 0.05) is 11.1 Å². The summed E-state index contributed by atoms with van der Waals surface area (Å²) in [7, 11) is 0. The Morgan fingerprint density at radius 3 is 2.94 bits per heavy atom. The summed E-state index contributed by atoms with van der Waals surface area (Å²) >= 11 is 0. The van der Waals surface area contributed by atoms with Crippen LogP contribution < -0.4 is 4.74 Å². The van der Waals surface area contributed by atoms with Gasteiger partial charge in [0.25, 0.3) is 0 Å². The average Bonchev–Trinajstić information content (AvgIpc) is 2.89. The van der Waals surface area contributed by atoms with Crippen molar-refractivity contribution in [3.8, 4) is 5.75 Å². The molecule has 4 heteroatoms. The van der Waals surface area contributed by atoms with E-state index in [-0.39, 0.29) is 0 Å². The Labute approximate surface area is 99.8 Å². The molecule has 0 aliphatic heterocycles. The fourth-order valence-corrected chi connectivity index (χ4v) is 1.57. The second kappa shape index (κ2) is 5.50. The lowest BCUT2D eigenvalue weighted by molar-refractivity contribution is 0.166. The van der Waals surface area contributed by atoms with E-state index in [0.29, 0.717) is 18.8 Å². The van der Waals surface area contributed by atoms with E-state index >= 15 is 0 Å². The molecule has 0 aliphatic rings. The molecule has 1 atom stereocenters. The van der Waals surface area contributed by atoms with Crippen molar-refractivity contribution in [2.45, 2.75) is 26.1 Å². The van der Waals surface area contributed by atoms with Crippen molar-refractivity contribution in [2.24, 2.45) is 0 Å². The molecule has 0 spiro atoms. The second-order valence-electron chi connectivity index (χ2n) is 3.78. The van der Waals surface area contributed by atoms with E-state index in [4.69, 9.17) is 9.26 Å². The Kier molecular flexibility index (Phi) is 3.77. The van der Waals surface area contributed by atoms with Crippen molar-refractivity contribution in [1.82, 2.24) is 5.16 Å². The topological polar surface area (TPSA) is 55.5 Å². The lowest BCUT2D eigenvalue weighted by atomic mass is 10.1. The molecule has 2 rings (SSSR count). The van der Waals surface area contributed by atoms with Crippen molar-refractivity contribution in [1.29, 1.82) is 0 Å².